The Bertz CT molecular complexity index is 1290. The molecule has 2 aromatic carbocycles. The number of furan rings is 1. The summed E-state index contributed by atoms with van der Waals surface area (Å²) in [6, 6.07) is 11.7. The molecule has 0 spiro atoms. The SMILES string of the molecule is C=CCN1C(=O)/C(=C/c2ccc3oc(C(=O)c4ccc(F)cc4)cc3c2)C(=O)NC1=S. The largest absolute Gasteiger partial charge is 0.453 e. The van der Waals surface area contributed by atoms with E-state index in [1.807, 2.05) is 0 Å². The van der Waals surface area contributed by atoms with Gasteiger partial charge < -0.3 is 4.42 Å². The summed E-state index contributed by atoms with van der Waals surface area (Å²) in [5.74, 6) is -1.83. The van der Waals surface area contributed by atoms with Gasteiger partial charge in [-0.25, -0.2) is 4.39 Å². The highest BCUT2D eigenvalue weighted by atomic mass is 32.1. The lowest BCUT2D eigenvalue weighted by Crippen LogP contribution is -2.53. The third-order valence-electron chi connectivity index (χ3n) is 4.68. The molecule has 2 heterocycles. The number of ketones is 1. The molecule has 8 heteroatoms. The minimum Gasteiger partial charge on any atom is -0.453 e. The number of hydrogen-bond acceptors (Lipinski definition) is 5. The molecule has 6 nitrogen and oxygen atoms in total. The molecule has 0 radical (unpaired) electrons. The van der Waals surface area contributed by atoms with Crippen LogP contribution in [0.3, 0.4) is 0 Å². The molecule has 0 bridgehead atoms. The highest BCUT2D eigenvalue weighted by Gasteiger charge is 2.32. The quantitative estimate of drug-likeness (QED) is 0.218. The second-order valence-corrected chi connectivity index (χ2v) is 7.15. The van der Waals surface area contributed by atoms with Crippen LogP contribution in [0.4, 0.5) is 4.39 Å². The summed E-state index contributed by atoms with van der Waals surface area (Å²) in [4.78, 5) is 38.8. The van der Waals surface area contributed by atoms with Gasteiger partial charge in [0.25, 0.3) is 11.8 Å². The Hall–Kier alpha value is -3.91. The van der Waals surface area contributed by atoms with Crippen molar-refractivity contribution in [2.24, 2.45) is 0 Å². The normalized spacial score (nSPS) is 15.5. The number of halogens is 1. The summed E-state index contributed by atoms with van der Waals surface area (Å²) in [5, 5.41) is 3.13. The fraction of sp³-hybridized carbons (Fsp3) is 0.0435. The third kappa shape index (κ3) is 3.93. The molecule has 3 aromatic rings. The summed E-state index contributed by atoms with van der Waals surface area (Å²) in [7, 11) is 0. The Labute approximate surface area is 181 Å². The van der Waals surface area contributed by atoms with Gasteiger partial charge >= 0.3 is 0 Å². The zero-order valence-electron chi connectivity index (χ0n) is 16.1. The van der Waals surface area contributed by atoms with Gasteiger partial charge in [-0.3, -0.25) is 24.6 Å². The van der Waals surface area contributed by atoms with E-state index in [4.69, 9.17) is 16.6 Å². The van der Waals surface area contributed by atoms with Crippen molar-refractivity contribution in [1.82, 2.24) is 10.2 Å². The van der Waals surface area contributed by atoms with Gasteiger partial charge in [0.2, 0.25) is 5.78 Å². The molecular weight excluding hydrogens is 419 g/mol. The number of rotatable bonds is 5. The first kappa shape index (κ1) is 20.4. The molecule has 31 heavy (non-hydrogen) atoms. The zero-order valence-corrected chi connectivity index (χ0v) is 16.9. The molecule has 154 valence electrons. The number of carbonyl (C=O) groups is 3. The molecule has 1 aliphatic rings. The lowest BCUT2D eigenvalue weighted by Gasteiger charge is -2.27. The van der Waals surface area contributed by atoms with Crippen LogP contribution in [0, 0.1) is 5.82 Å². The number of amides is 2. The molecule has 1 aromatic heterocycles. The molecule has 4 rings (SSSR count). The molecule has 1 fully saturated rings. The fourth-order valence-electron chi connectivity index (χ4n) is 3.16. The van der Waals surface area contributed by atoms with Crippen molar-refractivity contribution in [3.8, 4) is 0 Å². The van der Waals surface area contributed by atoms with Crippen molar-refractivity contribution < 1.29 is 23.2 Å². The van der Waals surface area contributed by atoms with E-state index in [2.05, 4.69) is 11.9 Å². The van der Waals surface area contributed by atoms with Gasteiger partial charge in [0.1, 0.15) is 17.0 Å². The number of thiocarbonyl (C=S) groups is 1. The predicted molar refractivity (Wildman–Crippen MR) is 117 cm³/mol. The molecule has 0 unspecified atom stereocenters. The average Bonchev–Trinajstić information content (AvgIpc) is 3.17. The first-order valence-corrected chi connectivity index (χ1v) is 9.62. The lowest BCUT2D eigenvalue weighted by molar-refractivity contribution is -0.128. The third-order valence-corrected chi connectivity index (χ3v) is 5.00. The number of nitrogens with zero attached hydrogens (tertiary/aromatic N) is 1. The molecule has 2 amide bonds. The van der Waals surface area contributed by atoms with Gasteiger partial charge in [-0.05, 0) is 66.3 Å². The van der Waals surface area contributed by atoms with Crippen LogP contribution in [-0.4, -0.2) is 34.2 Å². The monoisotopic (exact) mass is 434 g/mol. The zero-order chi connectivity index (χ0) is 22.1. The van der Waals surface area contributed by atoms with Crippen molar-refractivity contribution in [3.63, 3.8) is 0 Å². The van der Waals surface area contributed by atoms with E-state index in [9.17, 15) is 18.8 Å². The van der Waals surface area contributed by atoms with E-state index in [0.29, 0.717) is 22.1 Å². The summed E-state index contributed by atoms with van der Waals surface area (Å²) in [6.07, 6.45) is 2.96. The maximum Gasteiger partial charge on any atom is 0.265 e. The second-order valence-electron chi connectivity index (χ2n) is 6.77. The Kier molecular flexibility index (Phi) is 5.31. The van der Waals surface area contributed by atoms with E-state index in [1.54, 1.807) is 24.3 Å². The van der Waals surface area contributed by atoms with E-state index < -0.39 is 17.6 Å². The highest BCUT2D eigenvalue weighted by molar-refractivity contribution is 7.80. The predicted octanol–water partition coefficient (Wildman–Crippen LogP) is 3.62. The molecule has 1 N–H and O–H groups in total. The van der Waals surface area contributed by atoms with Crippen LogP contribution in [0.25, 0.3) is 17.0 Å². The molecule has 0 aliphatic carbocycles. The summed E-state index contributed by atoms with van der Waals surface area (Å²) in [5.41, 5.74) is 1.26. The van der Waals surface area contributed by atoms with Crippen LogP contribution in [0.1, 0.15) is 21.7 Å². The lowest BCUT2D eigenvalue weighted by atomic mass is 10.1. The van der Waals surface area contributed by atoms with Gasteiger partial charge in [-0.2, -0.15) is 0 Å². The Morgan fingerprint density at radius 2 is 1.90 bits per heavy atom. The average molecular weight is 434 g/mol. The number of fused-ring (bicyclic) bond motifs is 1. The molecule has 0 atom stereocenters. The molecular formula is C23H15FN2O4S. The van der Waals surface area contributed by atoms with Crippen LogP contribution < -0.4 is 5.32 Å². The first-order chi connectivity index (χ1) is 14.9. The number of carbonyl (C=O) groups excluding carboxylic acids is 3. The number of hydrogen-bond donors (Lipinski definition) is 1. The maximum absolute atomic E-state index is 13.1. The van der Waals surface area contributed by atoms with Gasteiger partial charge in [0.05, 0.1) is 0 Å². The van der Waals surface area contributed by atoms with Crippen molar-refractivity contribution >= 4 is 52.0 Å². The van der Waals surface area contributed by atoms with Crippen LogP contribution in [0.15, 0.2) is 71.2 Å². The van der Waals surface area contributed by atoms with Gasteiger partial charge in [-0.1, -0.05) is 12.1 Å². The van der Waals surface area contributed by atoms with E-state index in [0.717, 1.165) is 0 Å². The topological polar surface area (TPSA) is 79.6 Å². The van der Waals surface area contributed by atoms with Crippen molar-refractivity contribution in [2.75, 3.05) is 6.54 Å². The van der Waals surface area contributed by atoms with Crippen molar-refractivity contribution in [1.29, 1.82) is 0 Å². The Balaban J connectivity index is 1.66. The standard InChI is InChI=1S/C23H15FN2O4S/c1-2-9-26-22(29)17(21(28)25-23(26)31)11-13-3-8-18-15(10-13)12-19(30-18)20(27)14-4-6-16(24)7-5-14/h2-8,10-12H,1,9H2,(H,25,28,31)/b17-11+. The minimum absolute atomic E-state index is 0.0290. The van der Waals surface area contributed by atoms with E-state index >= 15 is 0 Å². The van der Waals surface area contributed by atoms with Crippen molar-refractivity contribution in [2.45, 2.75) is 0 Å². The van der Waals surface area contributed by atoms with E-state index in [-0.39, 0.29) is 28.8 Å². The molecule has 0 saturated carbocycles. The number of nitrogens with one attached hydrogen (secondary N) is 1. The van der Waals surface area contributed by atoms with Crippen molar-refractivity contribution in [3.05, 3.63) is 89.5 Å². The van der Waals surface area contributed by atoms with Crippen LogP contribution >= 0.6 is 12.2 Å². The molecule has 1 saturated heterocycles. The minimum atomic E-state index is -0.588. The van der Waals surface area contributed by atoms with Gasteiger partial charge in [-0.15, -0.1) is 6.58 Å². The van der Waals surface area contributed by atoms with Gasteiger partial charge in [0.15, 0.2) is 10.9 Å². The first-order valence-electron chi connectivity index (χ1n) is 9.21. The van der Waals surface area contributed by atoms with Crippen LogP contribution in [-0.2, 0) is 9.59 Å². The van der Waals surface area contributed by atoms with Crippen LogP contribution in [0.2, 0.25) is 0 Å². The summed E-state index contributed by atoms with van der Waals surface area (Å²) < 4.78 is 18.7. The van der Waals surface area contributed by atoms with E-state index in [1.165, 1.54) is 41.3 Å². The summed E-state index contributed by atoms with van der Waals surface area (Å²) >= 11 is 5.04. The van der Waals surface area contributed by atoms with Crippen LogP contribution in [0.5, 0.6) is 0 Å². The highest BCUT2D eigenvalue weighted by Crippen LogP contribution is 2.25. The fourth-order valence-corrected chi connectivity index (χ4v) is 3.41. The molecule has 1 aliphatic heterocycles. The Morgan fingerprint density at radius 3 is 2.61 bits per heavy atom. The second kappa shape index (κ2) is 8.08. The summed E-state index contributed by atoms with van der Waals surface area (Å²) in [6.45, 7) is 3.76. The smallest absolute Gasteiger partial charge is 0.265 e. The number of benzene rings is 2. The Morgan fingerprint density at radius 1 is 1.16 bits per heavy atom. The maximum atomic E-state index is 13.1. The van der Waals surface area contributed by atoms with Gasteiger partial charge in [0, 0.05) is 17.5 Å².